The lowest BCUT2D eigenvalue weighted by atomic mass is 10.2. The fourth-order valence-corrected chi connectivity index (χ4v) is 6.03. The van der Waals surface area contributed by atoms with Crippen molar-refractivity contribution in [3.63, 3.8) is 0 Å². The van der Waals surface area contributed by atoms with E-state index in [1.54, 1.807) is 10.7 Å². The Kier molecular flexibility index (Phi) is 5.15. The first kappa shape index (κ1) is 19.4. The van der Waals surface area contributed by atoms with Crippen molar-refractivity contribution in [2.45, 2.75) is 19.4 Å². The van der Waals surface area contributed by atoms with E-state index in [2.05, 4.69) is 26.3 Å². The summed E-state index contributed by atoms with van der Waals surface area (Å²) in [6.07, 6.45) is 0.508. The van der Waals surface area contributed by atoms with Gasteiger partial charge in [0.15, 0.2) is 15.5 Å². The van der Waals surface area contributed by atoms with Crippen LogP contribution in [0.1, 0.15) is 28.5 Å². The van der Waals surface area contributed by atoms with Gasteiger partial charge in [-0.15, -0.1) is 11.3 Å². The van der Waals surface area contributed by atoms with Gasteiger partial charge in [0.05, 0.1) is 28.1 Å². The zero-order chi connectivity index (χ0) is 19.9. The third-order valence-corrected chi connectivity index (χ3v) is 8.22. The summed E-state index contributed by atoms with van der Waals surface area (Å²) in [6.45, 7) is 1.97. The molecule has 3 aromatic rings. The van der Waals surface area contributed by atoms with Crippen molar-refractivity contribution in [3.05, 3.63) is 57.5 Å². The third-order valence-electron chi connectivity index (χ3n) is 4.73. The average molecular weight is 480 g/mol. The van der Waals surface area contributed by atoms with Gasteiger partial charge in [-0.1, -0.05) is 28.1 Å². The van der Waals surface area contributed by atoms with Crippen LogP contribution in [0.5, 0.6) is 0 Å². The van der Waals surface area contributed by atoms with Crippen LogP contribution in [0, 0.1) is 6.92 Å². The highest BCUT2D eigenvalue weighted by atomic mass is 79.9. The number of hydrogen-bond acceptors (Lipinski definition) is 5. The molecule has 1 saturated heterocycles. The van der Waals surface area contributed by atoms with Crippen LogP contribution >= 0.6 is 27.3 Å². The predicted octanol–water partition coefficient (Wildman–Crippen LogP) is 4.29. The van der Waals surface area contributed by atoms with Crippen LogP contribution in [0.15, 0.2) is 46.3 Å². The number of nitrogens with one attached hydrogen (secondary N) is 1. The number of thiophene rings is 1. The number of carbonyl (C=O) groups excluding carboxylic acids is 1. The standard InChI is InChI=1S/C19H18BrN3O3S2/c1-12-4-5-13(9-15(12)20)21-19(24)16-10-17(18-3-2-7-27-18)23(22-16)14-6-8-28(25,26)11-14/h2-5,7,9-10,14H,6,8,11H2,1H3,(H,21,24)/t14-/m0/s1. The van der Waals surface area contributed by atoms with Gasteiger partial charge in [-0.05, 0) is 48.6 Å². The molecule has 1 aliphatic heterocycles. The normalized spacial score (nSPS) is 18.3. The molecule has 28 heavy (non-hydrogen) atoms. The van der Waals surface area contributed by atoms with Crippen molar-refractivity contribution in [2.24, 2.45) is 0 Å². The van der Waals surface area contributed by atoms with Crippen molar-refractivity contribution in [2.75, 3.05) is 16.8 Å². The number of aromatic nitrogens is 2. The zero-order valence-electron chi connectivity index (χ0n) is 15.1. The van der Waals surface area contributed by atoms with Crippen molar-refractivity contribution in [1.29, 1.82) is 0 Å². The number of anilines is 1. The zero-order valence-corrected chi connectivity index (χ0v) is 18.3. The Morgan fingerprint density at radius 1 is 1.32 bits per heavy atom. The number of nitrogens with zero attached hydrogens (tertiary/aromatic N) is 2. The number of carbonyl (C=O) groups is 1. The summed E-state index contributed by atoms with van der Waals surface area (Å²) in [4.78, 5) is 13.7. The number of aryl methyl sites for hydroxylation is 1. The molecule has 1 amide bonds. The Hall–Kier alpha value is -1.97. The van der Waals surface area contributed by atoms with Crippen LogP contribution in [0.4, 0.5) is 5.69 Å². The Bertz CT molecular complexity index is 1140. The molecule has 0 spiro atoms. The van der Waals surface area contributed by atoms with E-state index in [4.69, 9.17) is 0 Å². The second-order valence-electron chi connectivity index (χ2n) is 6.81. The minimum Gasteiger partial charge on any atom is -0.321 e. The molecule has 0 bridgehead atoms. The lowest BCUT2D eigenvalue weighted by Crippen LogP contribution is -2.16. The Labute approximate surface area is 175 Å². The molecule has 1 fully saturated rings. The van der Waals surface area contributed by atoms with Crippen LogP contribution in [0.2, 0.25) is 0 Å². The molecule has 1 N–H and O–H groups in total. The summed E-state index contributed by atoms with van der Waals surface area (Å²) in [5.74, 6) is -0.118. The second kappa shape index (κ2) is 7.46. The van der Waals surface area contributed by atoms with Gasteiger partial charge in [0.25, 0.3) is 5.91 Å². The quantitative estimate of drug-likeness (QED) is 0.604. The fourth-order valence-electron chi connectivity index (χ4n) is 3.23. The van der Waals surface area contributed by atoms with Gasteiger partial charge in [0.1, 0.15) is 0 Å². The maximum atomic E-state index is 12.8. The molecule has 146 valence electrons. The summed E-state index contributed by atoms with van der Waals surface area (Å²) in [5, 5.41) is 9.29. The molecule has 0 aliphatic carbocycles. The molecule has 6 nitrogen and oxygen atoms in total. The van der Waals surface area contributed by atoms with Crippen molar-refractivity contribution in [1.82, 2.24) is 9.78 Å². The van der Waals surface area contributed by atoms with Gasteiger partial charge in [-0.25, -0.2) is 8.42 Å². The first-order valence-electron chi connectivity index (χ1n) is 8.74. The number of sulfone groups is 1. The third kappa shape index (κ3) is 3.92. The van der Waals surface area contributed by atoms with Gasteiger partial charge in [0.2, 0.25) is 0 Å². The van der Waals surface area contributed by atoms with Crippen molar-refractivity contribution in [3.8, 4) is 10.6 Å². The number of halogens is 1. The van der Waals surface area contributed by atoms with Crippen LogP contribution < -0.4 is 5.32 Å². The van der Waals surface area contributed by atoms with E-state index in [1.807, 2.05) is 42.6 Å². The summed E-state index contributed by atoms with van der Waals surface area (Å²) in [6, 6.07) is 10.9. The molecule has 1 aliphatic rings. The van der Waals surface area contributed by atoms with Gasteiger partial charge < -0.3 is 5.32 Å². The molecule has 2 aromatic heterocycles. The predicted molar refractivity (Wildman–Crippen MR) is 115 cm³/mol. The maximum absolute atomic E-state index is 12.8. The van der Waals surface area contributed by atoms with Crippen molar-refractivity contribution < 1.29 is 13.2 Å². The molecule has 0 saturated carbocycles. The van der Waals surface area contributed by atoms with Crippen LogP contribution in [0.3, 0.4) is 0 Å². The maximum Gasteiger partial charge on any atom is 0.276 e. The summed E-state index contributed by atoms with van der Waals surface area (Å²) in [7, 11) is -3.06. The Morgan fingerprint density at radius 2 is 2.14 bits per heavy atom. The van der Waals surface area contributed by atoms with Crippen molar-refractivity contribution >= 4 is 48.7 Å². The topological polar surface area (TPSA) is 81.1 Å². The molecule has 1 aromatic carbocycles. The monoisotopic (exact) mass is 479 g/mol. The Balaban J connectivity index is 1.67. The van der Waals surface area contributed by atoms with E-state index < -0.39 is 9.84 Å². The summed E-state index contributed by atoms with van der Waals surface area (Å²) in [5.41, 5.74) is 2.78. The van der Waals surface area contributed by atoms with Gasteiger partial charge in [-0.3, -0.25) is 9.48 Å². The van der Waals surface area contributed by atoms with E-state index in [9.17, 15) is 13.2 Å². The number of amides is 1. The highest BCUT2D eigenvalue weighted by molar-refractivity contribution is 9.10. The van der Waals surface area contributed by atoms with Crippen LogP contribution in [-0.4, -0.2) is 35.6 Å². The fraction of sp³-hybridized carbons (Fsp3) is 0.263. The average Bonchev–Trinajstić information content (AvgIpc) is 3.36. The molecular formula is C19H18BrN3O3S2. The van der Waals surface area contributed by atoms with Crippen LogP contribution in [0.25, 0.3) is 10.6 Å². The number of benzene rings is 1. The van der Waals surface area contributed by atoms with E-state index in [0.29, 0.717) is 12.1 Å². The van der Waals surface area contributed by atoms with Crippen LogP contribution in [-0.2, 0) is 9.84 Å². The van der Waals surface area contributed by atoms with E-state index >= 15 is 0 Å². The minimum atomic E-state index is -3.06. The first-order valence-corrected chi connectivity index (χ1v) is 12.2. The highest BCUT2D eigenvalue weighted by Crippen LogP contribution is 2.32. The van der Waals surface area contributed by atoms with E-state index in [1.165, 1.54) is 11.3 Å². The number of hydrogen-bond donors (Lipinski definition) is 1. The van der Waals surface area contributed by atoms with E-state index in [0.717, 1.165) is 20.6 Å². The lowest BCUT2D eigenvalue weighted by molar-refractivity contribution is 0.102. The molecular weight excluding hydrogens is 462 g/mol. The first-order chi connectivity index (χ1) is 13.3. The summed E-state index contributed by atoms with van der Waals surface area (Å²) < 4.78 is 26.5. The molecule has 9 heteroatoms. The lowest BCUT2D eigenvalue weighted by Gasteiger charge is -2.12. The smallest absolute Gasteiger partial charge is 0.276 e. The SMILES string of the molecule is Cc1ccc(NC(=O)c2cc(-c3cccs3)n([C@H]3CCS(=O)(=O)C3)n2)cc1Br. The minimum absolute atomic E-state index is 0.0546. The largest absolute Gasteiger partial charge is 0.321 e. The molecule has 1 atom stereocenters. The summed E-state index contributed by atoms with van der Waals surface area (Å²) >= 11 is 5.00. The van der Waals surface area contributed by atoms with Gasteiger partial charge in [0, 0.05) is 10.2 Å². The molecule has 0 unspecified atom stereocenters. The van der Waals surface area contributed by atoms with Gasteiger partial charge >= 0.3 is 0 Å². The number of rotatable bonds is 4. The second-order valence-corrected chi connectivity index (χ2v) is 10.8. The van der Waals surface area contributed by atoms with E-state index in [-0.39, 0.29) is 29.1 Å². The van der Waals surface area contributed by atoms with Gasteiger partial charge in [-0.2, -0.15) is 5.10 Å². The highest BCUT2D eigenvalue weighted by Gasteiger charge is 2.32. The molecule has 4 rings (SSSR count). The molecule has 0 radical (unpaired) electrons. The Morgan fingerprint density at radius 3 is 2.79 bits per heavy atom. The molecule has 3 heterocycles.